The molecule has 0 saturated carbocycles. The van der Waals surface area contributed by atoms with E-state index in [9.17, 15) is 22.0 Å². The minimum atomic E-state index is -2.23. The Morgan fingerprint density at radius 2 is 1.30 bits per heavy atom. The molecule has 0 aliphatic rings. The van der Waals surface area contributed by atoms with Crippen LogP contribution in [0.5, 0.6) is 5.75 Å². The molecule has 2 aromatic carbocycles. The first-order chi connectivity index (χ1) is 9.49. The van der Waals surface area contributed by atoms with Gasteiger partial charge in [-0.1, -0.05) is 18.2 Å². The topological polar surface area (TPSA) is 29.5 Å². The number of benzene rings is 2. The van der Waals surface area contributed by atoms with E-state index in [1.807, 2.05) is 0 Å². The Balaban J connectivity index is 2.77. The average molecular weight is 288 g/mol. The van der Waals surface area contributed by atoms with Crippen molar-refractivity contribution >= 4 is 7.69 Å². The highest BCUT2D eigenvalue weighted by Gasteiger charge is 2.27. The summed E-state index contributed by atoms with van der Waals surface area (Å²) >= 11 is 0. The summed E-state index contributed by atoms with van der Waals surface area (Å²) in [6.07, 6.45) is 0. The van der Waals surface area contributed by atoms with Gasteiger partial charge in [0.2, 0.25) is 5.82 Å². The average Bonchev–Trinajstić information content (AvgIpc) is 2.45. The fraction of sp³-hybridized carbons (Fsp3) is 0. The molecule has 2 rings (SSSR count). The summed E-state index contributed by atoms with van der Waals surface area (Å²) in [4.78, 5) is 0. The molecule has 0 atom stereocenters. The van der Waals surface area contributed by atoms with Gasteiger partial charge in [0.05, 0.1) is 5.56 Å². The maximum absolute atomic E-state index is 13.7. The predicted molar refractivity (Wildman–Crippen MR) is 61.7 cm³/mol. The lowest BCUT2D eigenvalue weighted by Crippen LogP contribution is -2.06. The lowest BCUT2D eigenvalue weighted by atomic mass is 10.0. The van der Waals surface area contributed by atoms with Crippen molar-refractivity contribution in [1.82, 2.24) is 0 Å². The van der Waals surface area contributed by atoms with Crippen LogP contribution in [0.1, 0.15) is 0 Å². The first-order valence-corrected chi connectivity index (χ1v) is 5.33. The molecule has 0 saturated heterocycles. The third kappa shape index (κ3) is 2.22. The first-order valence-electron chi connectivity index (χ1n) is 5.33. The molecule has 0 aromatic heterocycles. The number of hydrogen-bond donors (Lipinski definition) is 1. The van der Waals surface area contributed by atoms with Gasteiger partial charge in [-0.3, -0.25) is 0 Å². The zero-order chi connectivity index (χ0) is 14.9. The van der Waals surface area contributed by atoms with Gasteiger partial charge in [-0.15, -0.1) is 0 Å². The molecule has 1 N–H and O–H groups in total. The molecule has 0 aliphatic carbocycles. The van der Waals surface area contributed by atoms with E-state index in [2.05, 4.69) is 0 Å². The van der Waals surface area contributed by atoms with Crippen LogP contribution in [0.2, 0.25) is 0 Å². The van der Waals surface area contributed by atoms with Gasteiger partial charge in [-0.2, -0.15) is 0 Å². The van der Waals surface area contributed by atoms with Crippen molar-refractivity contribution in [3.05, 3.63) is 53.4 Å². The molecule has 0 fully saturated rings. The molecule has 0 unspecified atom stereocenters. The molecule has 0 radical (unpaired) electrons. The number of para-hydroxylation sites is 1. The molecular formula is C12H6BF5O2. The van der Waals surface area contributed by atoms with E-state index < -0.39 is 42.3 Å². The smallest absolute Gasteiger partial charge is 0.504 e. The molecule has 0 bridgehead atoms. The van der Waals surface area contributed by atoms with E-state index in [-0.39, 0.29) is 11.3 Å². The highest BCUT2D eigenvalue weighted by Crippen LogP contribution is 2.36. The molecule has 8 heteroatoms. The third-order valence-electron chi connectivity index (χ3n) is 2.59. The molecule has 104 valence electrons. The Morgan fingerprint density at radius 1 is 0.800 bits per heavy atom. The number of hydrogen-bond acceptors (Lipinski definition) is 2. The summed E-state index contributed by atoms with van der Waals surface area (Å²) in [7, 11) is -0.813. The fourth-order valence-electron chi connectivity index (χ4n) is 1.71. The van der Waals surface area contributed by atoms with Crippen LogP contribution in [0, 0.1) is 29.1 Å². The lowest BCUT2D eigenvalue weighted by Gasteiger charge is -2.12. The van der Waals surface area contributed by atoms with Crippen LogP contribution >= 0.6 is 0 Å². The highest BCUT2D eigenvalue weighted by atomic mass is 19.2. The minimum absolute atomic E-state index is 0.210. The maximum Gasteiger partial charge on any atom is 0.504 e. The van der Waals surface area contributed by atoms with Gasteiger partial charge in [0.25, 0.3) is 0 Å². The van der Waals surface area contributed by atoms with Gasteiger partial charge >= 0.3 is 7.69 Å². The van der Waals surface area contributed by atoms with Crippen LogP contribution in [-0.4, -0.2) is 12.7 Å². The summed E-state index contributed by atoms with van der Waals surface area (Å²) in [5, 5.41) is 8.67. The SMILES string of the molecule is OBOc1ccccc1-c1c(F)c(F)c(F)c(F)c1F. The van der Waals surface area contributed by atoms with Crippen molar-refractivity contribution in [1.29, 1.82) is 0 Å². The monoisotopic (exact) mass is 288 g/mol. The Hall–Kier alpha value is -2.09. The number of rotatable bonds is 3. The zero-order valence-corrected chi connectivity index (χ0v) is 9.76. The van der Waals surface area contributed by atoms with Crippen molar-refractivity contribution in [2.45, 2.75) is 0 Å². The summed E-state index contributed by atoms with van der Waals surface area (Å²) < 4.78 is 71.3. The molecular weight excluding hydrogens is 282 g/mol. The van der Waals surface area contributed by atoms with E-state index in [1.165, 1.54) is 18.2 Å². The van der Waals surface area contributed by atoms with Crippen LogP contribution in [0.3, 0.4) is 0 Å². The van der Waals surface area contributed by atoms with Crippen LogP contribution in [-0.2, 0) is 0 Å². The van der Waals surface area contributed by atoms with Crippen LogP contribution in [0.15, 0.2) is 24.3 Å². The van der Waals surface area contributed by atoms with Gasteiger partial charge < -0.3 is 9.68 Å². The molecule has 2 nitrogen and oxygen atoms in total. The van der Waals surface area contributed by atoms with Crippen molar-refractivity contribution < 1.29 is 31.6 Å². The second-order valence-corrected chi connectivity index (χ2v) is 3.71. The minimum Gasteiger partial charge on any atom is -0.538 e. The Kier molecular flexibility index (Phi) is 3.94. The summed E-state index contributed by atoms with van der Waals surface area (Å²) in [5.41, 5.74) is -1.46. The van der Waals surface area contributed by atoms with Gasteiger partial charge in [0, 0.05) is 5.56 Å². The Bertz CT molecular complexity index is 634. The Morgan fingerprint density at radius 3 is 1.85 bits per heavy atom. The van der Waals surface area contributed by atoms with Gasteiger partial charge in [0.1, 0.15) is 5.75 Å². The molecule has 20 heavy (non-hydrogen) atoms. The van der Waals surface area contributed by atoms with Gasteiger partial charge in [-0.25, -0.2) is 22.0 Å². The van der Waals surface area contributed by atoms with Crippen molar-refractivity contribution in [3.8, 4) is 16.9 Å². The molecule has 0 heterocycles. The quantitative estimate of drug-likeness (QED) is 0.407. The standard InChI is InChI=1S/C12H6BF5O2/c14-8-7(9(15)11(17)12(18)10(8)16)5-3-1-2-4-6(5)20-13-19/h1-4,13,19H. The lowest BCUT2D eigenvalue weighted by molar-refractivity contribution is 0.381. The van der Waals surface area contributed by atoms with E-state index in [0.717, 1.165) is 6.07 Å². The van der Waals surface area contributed by atoms with Gasteiger partial charge in [0.15, 0.2) is 23.3 Å². The van der Waals surface area contributed by atoms with Crippen LogP contribution in [0.4, 0.5) is 22.0 Å². The molecule has 2 aromatic rings. The van der Waals surface area contributed by atoms with E-state index in [4.69, 9.17) is 9.68 Å². The normalized spacial score (nSPS) is 10.5. The molecule has 0 aliphatic heterocycles. The number of halogens is 5. The highest BCUT2D eigenvalue weighted by molar-refractivity contribution is 6.17. The second-order valence-electron chi connectivity index (χ2n) is 3.71. The van der Waals surface area contributed by atoms with E-state index in [1.54, 1.807) is 0 Å². The first kappa shape index (κ1) is 14.3. The van der Waals surface area contributed by atoms with E-state index >= 15 is 0 Å². The van der Waals surface area contributed by atoms with Crippen LogP contribution < -0.4 is 4.65 Å². The molecule has 0 amide bonds. The summed E-state index contributed by atoms with van der Waals surface area (Å²) in [6, 6.07) is 5.09. The van der Waals surface area contributed by atoms with Gasteiger partial charge in [-0.05, 0) is 6.07 Å². The third-order valence-corrected chi connectivity index (χ3v) is 2.59. The molecule has 0 spiro atoms. The van der Waals surface area contributed by atoms with Crippen molar-refractivity contribution in [3.63, 3.8) is 0 Å². The van der Waals surface area contributed by atoms with Crippen molar-refractivity contribution in [2.24, 2.45) is 0 Å². The summed E-state index contributed by atoms with van der Waals surface area (Å²) in [5.74, 6) is -10.5. The second kappa shape index (κ2) is 5.50. The van der Waals surface area contributed by atoms with E-state index in [0.29, 0.717) is 0 Å². The maximum atomic E-state index is 13.7. The zero-order valence-electron chi connectivity index (χ0n) is 9.76. The fourth-order valence-corrected chi connectivity index (χ4v) is 1.71. The Labute approximate surface area is 110 Å². The summed E-state index contributed by atoms with van der Waals surface area (Å²) in [6.45, 7) is 0. The largest absolute Gasteiger partial charge is 0.538 e. The predicted octanol–water partition coefficient (Wildman–Crippen LogP) is 2.69. The van der Waals surface area contributed by atoms with Crippen LogP contribution in [0.25, 0.3) is 11.1 Å². The van der Waals surface area contributed by atoms with Crippen molar-refractivity contribution in [2.75, 3.05) is 0 Å².